The lowest BCUT2D eigenvalue weighted by Gasteiger charge is -2.22. The van der Waals surface area contributed by atoms with Gasteiger partial charge in [-0.15, -0.1) is 0 Å². The zero-order valence-corrected chi connectivity index (χ0v) is 12.6. The van der Waals surface area contributed by atoms with Crippen LogP contribution in [0.2, 0.25) is 0 Å². The molecule has 110 valence electrons. The van der Waals surface area contributed by atoms with Crippen LogP contribution in [0, 0.1) is 26.7 Å². The van der Waals surface area contributed by atoms with Crippen LogP contribution in [0.4, 0.5) is 10.5 Å². The molecule has 1 fully saturated rings. The second-order valence-corrected chi connectivity index (χ2v) is 5.66. The van der Waals surface area contributed by atoms with E-state index < -0.39 is 0 Å². The molecule has 0 unspecified atom stereocenters. The number of hydrogen-bond acceptors (Lipinski definition) is 2. The first-order chi connectivity index (χ1) is 9.56. The number of carbonyl (C=O) groups excluding carboxylic acids is 1. The summed E-state index contributed by atoms with van der Waals surface area (Å²) in [6.45, 7) is 8.45. The number of urea groups is 1. The first kappa shape index (κ1) is 14.9. The number of nitrogens with one attached hydrogen (secondary N) is 2. The molecule has 1 saturated heterocycles. The van der Waals surface area contributed by atoms with E-state index in [-0.39, 0.29) is 6.03 Å². The van der Waals surface area contributed by atoms with Gasteiger partial charge < -0.3 is 15.4 Å². The normalized spacial score (nSPS) is 15.9. The molecular weight excluding hydrogens is 252 g/mol. The third kappa shape index (κ3) is 3.97. The zero-order chi connectivity index (χ0) is 14.5. The number of hydrogen-bond donors (Lipinski definition) is 2. The predicted molar refractivity (Wildman–Crippen MR) is 81.2 cm³/mol. The van der Waals surface area contributed by atoms with E-state index in [0.29, 0.717) is 5.92 Å². The second-order valence-electron chi connectivity index (χ2n) is 5.66. The van der Waals surface area contributed by atoms with Gasteiger partial charge in [0.05, 0.1) is 0 Å². The molecule has 1 aliphatic heterocycles. The maximum atomic E-state index is 12.0. The van der Waals surface area contributed by atoms with Gasteiger partial charge in [0.15, 0.2) is 0 Å². The highest BCUT2D eigenvalue weighted by Crippen LogP contribution is 2.21. The Morgan fingerprint density at radius 2 is 1.80 bits per heavy atom. The molecule has 0 radical (unpaired) electrons. The number of rotatable bonds is 3. The molecule has 4 heteroatoms. The topological polar surface area (TPSA) is 50.4 Å². The maximum absolute atomic E-state index is 12.0. The molecule has 1 aromatic rings. The Balaban J connectivity index is 1.88. The molecular formula is C16H24N2O2. The molecule has 20 heavy (non-hydrogen) atoms. The van der Waals surface area contributed by atoms with Gasteiger partial charge in [0.1, 0.15) is 0 Å². The van der Waals surface area contributed by atoms with Crippen LogP contribution < -0.4 is 10.6 Å². The van der Waals surface area contributed by atoms with Gasteiger partial charge in [0.2, 0.25) is 0 Å². The van der Waals surface area contributed by atoms with E-state index in [0.717, 1.165) is 49.4 Å². The van der Waals surface area contributed by atoms with Crippen molar-refractivity contribution in [2.24, 2.45) is 5.92 Å². The molecule has 0 atom stereocenters. The molecule has 1 aromatic carbocycles. The fourth-order valence-corrected chi connectivity index (χ4v) is 2.72. The maximum Gasteiger partial charge on any atom is 0.319 e. The highest BCUT2D eigenvalue weighted by Gasteiger charge is 2.15. The molecule has 2 amide bonds. The lowest BCUT2D eigenvalue weighted by atomic mass is 10.0. The van der Waals surface area contributed by atoms with Crippen molar-refractivity contribution in [1.82, 2.24) is 5.32 Å². The molecule has 1 aliphatic rings. The lowest BCUT2D eigenvalue weighted by molar-refractivity contribution is 0.0671. The van der Waals surface area contributed by atoms with Gasteiger partial charge in [-0.2, -0.15) is 0 Å². The molecule has 0 spiro atoms. The predicted octanol–water partition coefficient (Wildman–Crippen LogP) is 3.16. The van der Waals surface area contributed by atoms with Crippen molar-refractivity contribution in [2.45, 2.75) is 33.6 Å². The van der Waals surface area contributed by atoms with Crippen molar-refractivity contribution in [2.75, 3.05) is 25.1 Å². The van der Waals surface area contributed by atoms with Crippen molar-refractivity contribution >= 4 is 11.7 Å². The highest BCUT2D eigenvalue weighted by molar-refractivity contribution is 5.91. The van der Waals surface area contributed by atoms with Gasteiger partial charge in [-0.25, -0.2) is 4.79 Å². The summed E-state index contributed by atoms with van der Waals surface area (Å²) in [4.78, 5) is 12.0. The second kappa shape index (κ2) is 6.75. The van der Waals surface area contributed by atoms with Gasteiger partial charge >= 0.3 is 6.03 Å². The first-order valence-corrected chi connectivity index (χ1v) is 7.26. The van der Waals surface area contributed by atoms with Crippen LogP contribution in [0.15, 0.2) is 12.1 Å². The minimum absolute atomic E-state index is 0.119. The van der Waals surface area contributed by atoms with Gasteiger partial charge in [-0.05, 0) is 50.7 Å². The van der Waals surface area contributed by atoms with E-state index in [1.807, 2.05) is 13.8 Å². The van der Waals surface area contributed by atoms with Crippen LogP contribution in [0.1, 0.15) is 29.5 Å². The zero-order valence-electron chi connectivity index (χ0n) is 12.6. The van der Waals surface area contributed by atoms with Gasteiger partial charge in [-0.3, -0.25) is 0 Å². The summed E-state index contributed by atoms with van der Waals surface area (Å²) >= 11 is 0. The molecule has 2 N–H and O–H groups in total. The molecule has 0 saturated carbocycles. The summed E-state index contributed by atoms with van der Waals surface area (Å²) in [6.07, 6.45) is 2.06. The fraction of sp³-hybridized carbons (Fsp3) is 0.562. The van der Waals surface area contributed by atoms with Gasteiger partial charge in [0.25, 0.3) is 0 Å². The van der Waals surface area contributed by atoms with E-state index in [4.69, 9.17) is 4.74 Å². The van der Waals surface area contributed by atoms with Crippen molar-refractivity contribution in [3.05, 3.63) is 28.8 Å². The summed E-state index contributed by atoms with van der Waals surface area (Å²) in [5.41, 5.74) is 4.33. The Hall–Kier alpha value is -1.55. The summed E-state index contributed by atoms with van der Waals surface area (Å²) < 4.78 is 5.32. The van der Waals surface area contributed by atoms with Gasteiger partial charge in [0, 0.05) is 25.4 Å². The SMILES string of the molecule is Cc1cc(C)c(NC(=O)NCC2CCOCC2)c(C)c1. The Kier molecular flexibility index (Phi) is 5.01. The summed E-state index contributed by atoms with van der Waals surface area (Å²) in [5, 5.41) is 5.93. The third-order valence-corrected chi connectivity index (χ3v) is 3.81. The van der Waals surface area contributed by atoms with Crippen LogP contribution in [0.25, 0.3) is 0 Å². The summed E-state index contributed by atoms with van der Waals surface area (Å²) in [6, 6.07) is 4.05. The van der Waals surface area contributed by atoms with Crippen LogP contribution in [-0.4, -0.2) is 25.8 Å². The Bertz CT molecular complexity index is 456. The number of anilines is 1. The average Bonchev–Trinajstić information content (AvgIpc) is 2.42. The molecule has 0 bridgehead atoms. The summed E-state index contributed by atoms with van der Waals surface area (Å²) in [7, 11) is 0. The standard InChI is InChI=1S/C16H24N2O2/c1-11-8-12(2)15(13(3)9-11)18-16(19)17-10-14-4-6-20-7-5-14/h8-9,14H,4-7,10H2,1-3H3,(H2,17,18,19). The number of benzene rings is 1. The Morgan fingerprint density at radius 1 is 1.20 bits per heavy atom. The average molecular weight is 276 g/mol. The van der Waals surface area contributed by atoms with Crippen molar-refractivity contribution in [1.29, 1.82) is 0 Å². The third-order valence-electron chi connectivity index (χ3n) is 3.81. The van der Waals surface area contributed by atoms with Crippen molar-refractivity contribution in [3.8, 4) is 0 Å². The van der Waals surface area contributed by atoms with E-state index in [2.05, 4.69) is 29.7 Å². The quantitative estimate of drug-likeness (QED) is 0.891. The van der Waals surface area contributed by atoms with E-state index >= 15 is 0 Å². The van der Waals surface area contributed by atoms with E-state index in [1.54, 1.807) is 0 Å². The number of carbonyl (C=O) groups is 1. The first-order valence-electron chi connectivity index (χ1n) is 7.26. The molecule has 0 aliphatic carbocycles. The van der Waals surface area contributed by atoms with Crippen molar-refractivity contribution in [3.63, 3.8) is 0 Å². The minimum atomic E-state index is -0.119. The molecule has 2 rings (SSSR count). The number of amides is 2. The Morgan fingerprint density at radius 3 is 2.40 bits per heavy atom. The Labute approximate surface area is 120 Å². The molecule has 4 nitrogen and oxygen atoms in total. The van der Waals surface area contributed by atoms with E-state index in [1.165, 1.54) is 5.56 Å². The molecule has 1 heterocycles. The smallest absolute Gasteiger partial charge is 0.319 e. The number of aryl methyl sites for hydroxylation is 3. The summed E-state index contributed by atoms with van der Waals surface area (Å²) in [5.74, 6) is 0.537. The monoisotopic (exact) mass is 276 g/mol. The highest BCUT2D eigenvalue weighted by atomic mass is 16.5. The lowest BCUT2D eigenvalue weighted by Crippen LogP contribution is -2.35. The fourth-order valence-electron chi connectivity index (χ4n) is 2.72. The van der Waals surface area contributed by atoms with Crippen LogP contribution in [0.5, 0.6) is 0 Å². The van der Waals surface area contributed by atoms with Gasteiger partial charge in [-0.1, -0.05) is 17.7 Å². The van der Waals surface area contributed by atoms with E-state index in [9.17, 15) is 4.79 Å². The molecule has 0 aromatic heterocycles. The van der Waals surface area contributed by atoms with Crippen molar-refractivity contribution < 1.29 is 9.53 Å². The minimum Gasteiger partial charge on any atom is -0.381 e. The van der Waals surface area contributed by atoms with Crippen LogP contribution in [-0.2, 0) is 4.74 Å². The van der Waals surface area contributed by atoms with Crippen LogP contribution >= 0.6 is 0 Å². The van der Waals surface area contributed by atoms with Crippen LogP contribution in [0.3, 0.4) is 0 Å². The largest absolute Gasteiger partial charge is 0.381 e. The number of ether oxygens (including phenoxy) is 1.